The molecule has 108 valence electrons. The van der Waals surface area contributed by atoms with Gasteiger partial charge in [0.25, 0.3) is 0 Å². The summed E-state index contributed by atoms with van der Waals surface area (Å²) >= 11 is 6.18. The molecule has 0 atom stereocenters. The fourth-order valence-electron chi connectivity index (χ4n) is 2.19. The largest absolute Gasteiger partial charge is 0.489 e. The van der Waals surface area contributed by atoms with E-state index in [9.17, 15) is 0 Å². The van der Waals surface area contributed by atoms with Gasteiger partial charge in [-0.25, -0.2) is 0 Å². The van der Waals surface area contributed by atoms with E-state index in [0.717, 1.165) is 16.7 Å². The predicted octanol–water partition coefficient (Wildman–Crippen LogP) is 3.80. The van der Waals surface area contributed by atoms with E-state index < -0.39 is 0 Å². The standard InChI is InChI=1S/C16H14ClNO3/c1-10-2-3-11(14(17)6-10)8-20-12-4-5-13-15(18-19)9-21-16(13)7-12/h2-7,19H,8-9H2,1H3/b18-15+. The molecule has 0 spiro atoms. The second-order valence-corrected chi connectivity index (χ2v) is 5.28. The van der Waals surface area contributed by atoms with Crippen LogP contribution >= 0.6 is 11.6 Å². The summed E-state index contributed by atoms with van der Waals surface area (Å²) in [5, 5.41) is 12.8. The normalized spacial score (nSPS) is 14.9. The molecule has 3 rings (SSSR count). The number of nitrogens with zero attached hydrogens (tertiary/aromatic N) is 1. The van der Waals surface area contributed by atoms with Gasteiger partial charge in [-0.2, -0.15) is 0 Å². The van der Waals surface area contributed by atoms with E-state index in [2.05, 4.69) is 5.16 Å². The van der Waals surface area contributed by atoms with Crippen LogP contribution in [-0.2, 0) is 6.61 Å². The van der Waals surface area contributed by atoms with E-state index in [-0.39, 0.29) is 6.61 Å². The number of hydrogen-bond donors (Lipinski definition) is 1. The van der Waals surface area contributed by atoms with Gasteiger partial charge in [0.05, 0.1) is 0 Å². The molecule has 0 unspecified atom stereocenters. The van der Waals surface area contributed by atoms with E-state index in [4.69, 9.17) is 26.3 Å². The van der Waals surface area contributed by atoms with Gasteiger partial charge in [0, 0.05) is 22.2 Å². The number of halogens is 1. The topological polar surface area (TPSA) is 51.0 Å². The van der Waals surface area contributed by atoms with Crippen LogP contribution < -0.4 is 9.47 Å². The average Bonchev–Trinajstić information content (AvgIpc) is 2.88. The molecule has 0 amide bonds. The highest BCUT2D eigenvalue weighted by Gasteiger charge is 2.20. The van der Waals surface area contributed by atoms with Gasteiger partial charge in [-0.15, -0.1) is 0 Å². The molecule has 2 aromatic carbocycles. The molecule has 1 aliphatic rings. The van der Waals surface area contributed by atoms with Crippen molar-refractivity contribution in [1.82, 2.24) is 0 Å². The van der Waals surface area contributed by atoms with Crippen molar-refractivity contribution >= 4 is 17.3 Å². The second-order valence-electron chi connectivity index (χ2n) is 4.88. The molecule has 0 bridgehead atoms. The van der Waals surface area contributed by atoms with Crippen molar-refractivity contribution in [3.8, 4) is 11.5 Å². The maximum Gasteiger partial charge on any atom is 0.134 e. The SMILES string of the molecule is Cc1ccc(COc2ccc3c(c2)OC/C3=N\O)c(Cl)c1. The molecule has 0 saturated carbocycles. The van der Waals surface area contributed by atoms with Crippen LogP contribution in [-0.4, -0.2) is 17.5 Å². The molecule has 0 fully saturated rings. The zero-order valence-electron chi connectivity index (χ0n) is 11.5. The van der Waals surface area contributed by atoms with Crippen molar-refractivity contribution < 1.29 is 14.7 Å². The molecule has 0 aromatic heterocycles. The monoisotopic (exact) mass is 303 g/mol. The number of benzene rings is 2. The molecule has 1 aliphatic heterocycles. The van der Waals surface area contributed by atoms with Gasteiger partial charge in [0.1, 0.15) is 30.4 Å². The summed E-state index contributed by atoms with van der Waals surface area (Å²) in [6, 6.07) is 11.3. The highest BCUT2D eigenvalue weighted by Crippen LogP contribution is 2.30. The Morgan fingerprint density at radius 1 is 1.29 bits per heavy atom. The Hall–Kier alpha value is -2.20. The van der Waals surface area contributed by atoms with Crippen LogP contribution in [0.3, 0.4) is 0 Å². The lowest BCUT2D eigenvalue weighted by atomic mass is 10.1. The van der Waals surface area contributed by atoms with Crippen LogP contribution in [0, 0.1) is 6.92 Å². The maximum absolute atomic E-state index is 8.85. The van der Waals surface area contributed by atoms with Gasteiger partial charge in [0.15, 0.2) is 0 Å². The van der Waals surface area contributed by atoms with E-state index in [0.29, 0.717) is 28.8 Å². The minimum atomic E-state index is 0.277. The number of oxime groups is 1. The minimum absolute atomic E-state index is 0.277. The molecule has 0 aliphatic carbocycles. The molecular weight excluding hydrogens is 290 g/mol. The molecule has 0 radical (unpaired) electrons. The third-order valence-corrected chi connectivity index (χ3v) is 3.70. The quantitative estimate of drug-likeness (QED) is 0.693. The number of rotatable bonds is 3. The molecule has 5 heteroatoms. The minimum Gasteiger partial charge on any atom is -0.489 e. The molecule has 21 heavy (non-hydrogen) atoms. The Balaban J connectivity index is 1.75. The molecule has 2 aromatic rings. The Morgan fingerprint density at radius 2 is 2.14 bits per heavy atom. The molecular formula is C16H14ClNO3. The number of aryl methyl sites for hydroxylation is 1. The van der Waals surface area contributed by atoms with Gasteiger partial charge in [-0.3, -0.25) is 0 Å². The van der Waals surface area contributed by atoms with Crippen LogP contribution in [0.2, 0.25) is 5.02 Å². The Bertz CT molecular complexity index is 713. The first-order valence-electron chi connectivity index (χ1n) is 6.53. The summed E-state index contributed by atoms with van der Waals surface area (Å²) in [5.74, 6) is 1.35. The van der Waals surface area contributed by atoms with Gasteiger partial charge in [-0.05, 0) is 30.7 Å². The van der Waals surface area contributed by atoms with E-state index in [1.807, 2.05) is 37.3 Å². The highest BCUT2D eigenvalue weighted by atomic mass is 35.5. The number of hydrogen-bond acceptors (Lipinski definition) is 4. The van der Waals surface area contributed by atoms with Crippen LogP contribution in [0.25, 0.3) is 0 Å². The summed E-state index contributed by atoms with van der Waals surface area (Å²) in [7, 11) is 0. The maximum atomic E-state index is 8.85. The number of fused-ring (bicyclic) bond motifs is 1. The van der Waals surface area contributed by atoms with Gasteiger partial charge < -0.3 is 14.7 Å². The first-order chi connectivity index (χ1) is 10.2. The zero-order valence-corrected chi connectivity index (χ0v) is 12.2. The summed E-state index contributed by atoms with van der Waals surface area (Å²) in [6.07, 6.45) is 0. The third kappa shape index (κ3) is 2.81. The molecule has 0 saturated heterocycles. The van der Waals surface area contributed by atoms with Crippen molar-refractivity contribution in [2.24, 2.45) is 5.16 Å². The third-order valence-electron chi connectivity index (χ3n) is 3.35. The van der Waals surface area contributed by atoms with Crippen molar-refractivity contribution in [2.45, 2.75) is 13.5 Å². The summed E-state index contributed by atoms with van der Waals surface area (Å²) < 4.78 is 11.2. The Kier molecular flexibility index (Phi) is 3.71. The fourth-order valence-corrected chi connectivity index (χ4v) is 2.48. The van der Waals surface area contributed by atoms with Crippen molar-refractivity contribution in [3.63, 3.8) is 0 Å². The van der Waals surface area contributed by atoms with Crippen LogP contribution in [0.15, 0.2) is 41.6 Å². The van der Waals surface area contributed by atoms with Crippen LogP contribution in [0.5, 0.6) is 11.5 Å². The molecule has 1 heterocycles. The van der Waals surface area contributed by atoms with Crippen molar-refractivity contribution in [1.29, 1.82) is 0 Å². The smallest absolute Gasteiger partial charge is 0.134 e. The first-order valence-corrected chi connectivity index (χ1v) is 6.91. The number of ether oxygens (including phenoxy) is 2. The van der Waals surface area contributed by atoms with Gasteiger partial charge >= 0.3 is 0 Å². The van der Waals surface area contributed by atoms with Crippen molar-refractivity contribution in [3.05, 3.63) is 58.1 Å². The molecule has 1 N–H and O–H groups in total. The van der Waals surface area contributed by atoms with E-state index >= 15 is 0 Å². The first kappa shape index (κ1) is 13.8. The summed E-state index contributed by atoms with van der Waals surface area (Å²) in [4.78, 5) is 0. The lowest BCUT2D eigenvalue weighted by Crippen LogP contribution is -2.01. The van der Waals surface area contributed by atoms with Crippen molar-refractivity contribution in [2.75, 3.05) is 6.61 Å². The second kappa shape index (κ2) is 5.66. The predicted molar refractivity (Wildman–Crippen MR) is 80.8 cm³/mol. The Labute approximate surface area is 127 Å². The Morgan fingerprint density at radius 3 is 2.90 bits per heavy atom. The van der Waals surface area contributed by atoms with E-state index in [1.54, 1.807) is 6.07 Å². The van der Waals surface area contributed by atoms with E-state index in [1.165, 1.54) is 0 Å². The molecule has 4 nitrogen and oxygen atoms in total. The average molecular weight is 304 g/mol. The highest BCUT2D eigenvalue weighted by molar-refractivity contribution is 6.31. The van der Waals surface area contributed by atoms with Gasteiger partial charge in [0.2, 0.25) is 0 Å². The van der Waals surface area contributed by atoms with Gasteiger partial charge in [-0.1, -0.05) is 28.9 Å². The summed E-state index contributed by atoms with van der Waals surface area (Å²) in [5.41, 5.74) is 3.36. The lowest BCUT2D eigenvalue weighted by Gasteiger charge is -2.09. The lowest BCUT2D eigenvalue weighted by molar-refractivity contribution is 0.303. The van der Waals surface area contributed by atoms with Crippen LogP contribution in [0.1, 0.15) is 16.7 Å². The fraction of sp³-hybridized carbons (Fsp3) is 0.188. The summed E-state index contributed by atoms with van der Waals surface area (Å²) in [6.45, 7) is 2.66. The van der Waals surface area contributed by atoms with Crippen LogP contribution in [0.4, 0.5) is 0 Å². The zero-order chi connectivity index (χ0) is 14.8.